The first-order valence-corrected chi connectivity index (χ1v) is 8.08. The second-order valence-electron chi connectivity index (χ2n) is 5.36. The quantitative estimate of drug-likeness (QED) is 0.585. The van der Waals surface area contributed by atoms with E-state index in [9.17, 15) is 10.1 Å². The second kappa shape index (κ2) is 7.18. The van der Waals surface area contributed by atoms with Crippen LogP contribution < -0.4 is 0 Å². The summed E-state index contributed by atoms with van der Waals surface area (Å²) in [4.78, 5) is 13.1. The third-order valence-corrected chi connectivity index (χ3v) is 5.04. The van der Waals surface area contributed by atoms with Crippen LogP contribution in [-0.2, 0) is 6.54 Å². The highest BCUT2D eigenvalue weighted by Crippen LogP contribution is 2.31. The molecule has 0 bridgehead atoms. The maximum absolute atomic E-state index is 11.0. The molecule has 0 spiro atoms. The van der Waals surface area contributed by atoms with Crippen LogP contribution in [0.5, 0.6) is 0 Å². The van der Waals surface area contributed by atoms with Crippen molar-refractivity contribution >= 4 is 21.6 Å². The molecule has 20 heavy (non-hydrogen) atoms. The summed E-state index contributed by atoms with van der Waals surface area (Å²) < 4.78 is 0.624. The van der Waals surface area contributed by atoms with E-state index >= 15 is 0 Å². The van der Waals surface area contributed by atoms with Crippen LogP contribution in [0.15, 0.2) is 22.7 Å². The lowest BCUT2D eigenvalue weighted by molar-refractivity contribution is -0.385. The van der Waals surface area contributed by atoms with Gasteiger partial charge < -0.3 is 0 Å². The molecule has 1 aliphatic carbocycles. The van der Waals surface area contributed by atoms with Crippen LogP contribution in [0, 0.1) is 10.1 Å². The average Bonchev–Trinajstić information content (AvgIpc) is 2.47. The minimum absolute atomic E-state index is 0.155. The molecule has 0 aromatic heterocycles. The number of rotatable bonds is 5. The maximum atomic E-state index is 11.0. The van der Waals surface area contributed by atoms with E-state index < -0.39 is 0 Å². The third-order valence-electron chi connectivity index (χ3n) is 4.13. The third kappa shape index (κ3) is 3.58. The molecule has 0 aliphatic heterocycles. The van der Waals surface area contributed by atoms with Gasteiger partial charge in [-0.2, -0.15) is 0 Å². The molecule has 110 valence electrons. The number of nitro groups is 1. The van der Waals surface area contributed by atoms with Gasteiger partial charge in [0, 0.05) is 18.7 Å². The summed E-state index contributed by atoms with van der Waals surface area (Å²) in [6.45, 7) is 3.93. The Morgan fingerprint density at radius 3 is 2.65 bits per heavy atom. The van der Waals surface area contributed by atoms with Gasteiger partial charge in [-0.15, -0.1) is 0 Å². The Bertz CT molecular complexity index is 473. The van der Waals surface area contributed by atoms with Gasteiger partial charge in [0.15, 0.2) is 0 Å². The molecule has 0 N–H and O–H groups in total. The topological polar surface area (TPSA) is 46.4 Å². The van der Waals surface area contributed by atoms with E-state index in [0.29, 0.717) is 10.5 Å². The van der Waals surface area contributed by atoms with Gasteiger partial charge in [-0.1, -0.05) is 38.3 Å². The van der Waals surface area contributed by atoms with E-state index in [-0.39, 0.29) is 10.6 Å². The minimum Gasteiger partial charge on any atom is -0.296 e. The first-order valence-electron chi connectivity index (χ1n) is 7.29. The Labute approximate surface area is 128 Å². The Kier molecular flexibility index (Phi) is 5.54. The fourth-order valence-corrected chi connectivity index (χ4v) is 3.53. The molecule has 5 heteroatoms. The Morgan fingerprint density at radius 1 is 1.35 bits per heavy atom. The van der Waals surface area contributed by atoms with Crippen LogP contribution in [0.3, 0.4) is 0 Å². The molecular formula is C15H21BrN2O2. The normalized spacial score (nSPS) is 16.6. The van der Waals surface area contributed by atoms with Crippen molar-refractivity contribution in [2.45, 2.75) is 51.6 Å². The van der Waals surface area contributed by atoms with E-state index in [2.05, 4.69) is 27.8 Å². The standard InChI is InChI=1S/C15H21BrN2O2/c1-2-17(13-8-4-3-5-9-13)11-12-7-6-10-14(15(12)16)18(19)20/h6-7,10,13H,2-5,8-9,11H2,1H3. The zero-order chi connectivity index (χ0) is 14.5. The van der Waals surface area contributed by atoms with E-state index in [0.717, 1.165) is 18.7 Å². The summed E-state index contributed by atoms with van der Waals surface area (Å²) in [5, 5.41) is 11.0. The summed E-state index contributed by atoms with van der Waals surface area (Å²) in [6, 6.07) is 5.92. The number of nitrogens with zero attached hydrogens (tertiary/aromatic N) is 2. The van der Waals surface area contributed by atoms with E-state index in [4.69, 9.17) is 0 Å². The molecule has 2 rings (SSSR count). The monoisotopic (exact) mass is 340 g/mol. The molecule has 1 saturated carbocycles. The molecule has 1 fully saturated rings. The molecule has 0 heterocycles. The molecule has 1 aliphatic rings. The number of hydrogen-bond acceptors (Lipinski definition) is 3. The number of benzene rings is 1. The van der Waals surface area contributed by atoms with Crippen LogP contribution >= 0.6 is 15.9 Å². The SMILES string of the molecule is CCN(Cc1cccc([N+](=O)[O-])c1Br)C1CCCCC1. The van der Waals surface area contributed by atoms with E-state index in [1.54, 1.807) is 12.1 Å². The molecule has 0 saturated heterocycles. The molecule has 4 nitrogen and oxygen atoms in total. The van der Waals surface area contributed by atoms with Crippen molar-refractivity contribution in [2.75, 3.05) is 6.54 Å². The van der Waals surface area contributed by atoms with Crippen LogP contribution in [0.25, 0.3) is 0 Å². The number of hydrogen-bond donors (Lipinski definition) is 0. The highest BCUT2D eigenvalue weighted by molar-refractivity contribution is 9.10. The van der Waals surface area contributed by atoms with Crippen LogP contribution in [-0.4, -0.2) is 22.4 Å². The highest BCUT2D eigenvalue weighted by Gasteiger charge is 2.22. The lowest BCUT2D eigenvalue weighted by atomic mass is 9.94. The fourth-order valence-electron chi connectivity index (χ4n) is 2.99. The van der Waals surface area contributed by atoms with Gasteiger partial charge in [0.2, 0.25) is 0 Å². The maximum Gasteiger partial charge on any atom is 0.283 e. The largest absolute Gasteiger partial charge is 0.296 e. The second-order valence-corrected chi connectivity index (χ2v) is 6.16. The van der Waals surface area contributed by atoms with Crippen molar-refractivity contribution in [3.05, 3.63) is 38.3 Å². The summed E-state index contributed by atoms with van der Waals surface area (Å²) >= 11 is 3.40. The average molecular weight is 341 g/mol. The van der Waals surface area contributed by atoms with E-state index in [1.807, 2.05) is 6.07 Å². The molecule has 0 unspecified atom stereocenters. The predicted molar refractivity (Wildman–Crippen MR) is 83.8 cm³/mol. The molecule has 0 amide bonds. The Balaban J connectivity index is 2.14. The predicted octanol–water partition coefficient (Wildman–Crippen LogP) is 4.51. The smallest absolute Gasteiger partial charge is 0.283 e. The minimum atomic E-state index is -0.329. The summed E-state index contributed by atoms with van der Waals surface area (Å²) in [5.41, 5.74) is 1.16. The first-order chi connectivity index (χ1) is 9.63. The fraction of sp³-hybridized carbons (Fsp3) is 0.600. The summed E-state index contributed by atoms with van der Waals surface area (Å²) in [6.07, 6.45) is 6.45. The van der Waals surface area contributed by atoms with Gasteiger partial charge in [-0.25, -0.2) is 0 Å². The molecule has 0 radical (unpaired) electrons. The zero-order valence-corrected chi connectivity index (χ0v) is 13.4. The zero-order valence-electron chi connectivity index (χ0n) is 11.8. The van der Waals surface area contributed by atoms with Gasteiger partial charge in [-0.05, 0) is 40.9 Å². The van der Waals surface area contributed by atoms with Gasteiger partial charge in [0.1, 0.15) is 0 Å². The van der Waals surface area contributed by atoms with Crippen LogP contribution in [0.4, 0.5) is 5.69 Å². The van der Waals surface area contributed by atoms with Gasteiger partial charge in [-0.3, -0.25) is 15.0 Å². The molecule has 1 aromatic carbocycles. The van der Waals surface area contributed by atoms with Crippen molar-refractivity contribution in [1.29, 1.82) is 0 Å². The van der Waals surface area contributed by atoms with Crippen molar-refractivity contribution in [3.63, 3.8) is 0 Å². The van der Waals surface area contributed by atoms with Crippen molar-refractivity contribution in [3.8, 4) is 0 Å². The van der Waals surface area contributed by atoms with Crippen LogP contribution in [0.1, 0.15) is 44.6 Å². The Morgan fingerprint density at radius 2 is 2.05 bits per heavy atom. The lowest BCUT2D eigenvalue weighted by Gasteiger charge is -2.33. The molecule has 0 atom stereocenters. The van der Waals surface area contributed by atoms with Crippen molar-refractivity contribution in [1.82, 2.24) is 4.90 Å². The van der Waals surface area contributed by atoms with Crippen LogP contribution in [0.2, 0.25) is 0 Å². The van der Waals surface area contributed by atoms with E-state index in [1.165, 1.54) is 32.1 Å². The van der Waals surface area contributed by atoms with Crippen molar-refractivity contribution < 1.29 is 4.92 Å². The van der Waals surface area contributed by atoms with Gasteiger partial charge in [0.25, 0.3) is 5.69 Å². The highest BCUT2D eigenvalue weighted by atomic mass is 79.9. The molecule has 1 aromatic rings. The van der Waals surface area contributed by atoms with Gasteiger partial charge >= 0.3 is 0 Å². The number of nitro benzene ring substituents is 1. The summed E-state index contributed by atoms with van der Waals surface area (Å²) in [7, 11) is 0. The first kappa shape index (κ1) is 15.4. The number of halogens is 1. The van der Waals surface area contributed by atoms with Crippen molar-refractivity contribution in [2.24, 2.45) is 0 Å². The summed E-state index contributed by atoms with van der Waals surface area (Å²) in [5.74, 6) is 0. The Hall–Kier alpha value is -0.940. The van der Waals surface area contributed by atoms with Gasteiger partial charge in [0.05, 0.1) is 9.40 Å². The lowest BCUT2D eigenvalue weighted by Crippen LogP contribution is -2.36. The molecular weight excluding hydrogens is 320 g/mol.